The normalized spacial score (nSPS) is 8.52. The van der Waals surface area contributed by atoms with Crippen LogP contribution >= 0.6 is 0 Å². The Hall–Kier alpha value is -0.237. The summed E-state index contributed by atoms with van der Waals surface area (Å²) in [6.45, 7) is 13.1. The molecule has 0 amide bonds. The zero-order chi connectivity index (χ0) is 14.8. The summed E-state index contributed by atoms with van der Waals surface area (Å²) in [4.78, 5) is 4.67. The van der Waals surface area contributed by atoms with Gasteiger partial charge in [-0.1, -0.05) is 11.4 Å². The number of rotatable bonds is 6. The molecular formula is C18H28Cl2N2Zr. The second-order valence-corrected chi connectivity index (χ2v) is 4.63. The van der Waals surface area contributed by atoms with Crippen LogP contribution in [-0.2, 0) is 26.2 Å². The Labute approximate surface area is 173 Å². The van der Waals surface area contributed by atoms with Crippen LogP contribution in [0.3, 0.4) is 0 Å². The average Bonchev–Trinajstić information content (AvgIpc) is 3.15. The quantitative estimate of drug-likeness (QED) is 0.512. The number of nitrogens with zero attached hydrogens (tertiary/aromatic N) is 2. The predicted octanol–water partition coefficient (Wildman–Crippen LogP) is -1.49. The van der Waals surface area contributed by atoms with Crippen molar-refractivity contribution < 1.29 is 51.0 Å². The maximum Gasteiger partial charge on any atom is 4.00 e. The smallest absolute Gasteiger partial charge is 1.00 e. The van der Waals surface area contributed by atoms with Gasteiger partial charge in [0.25, 0.3) is 0 Å². The van der Waals surface area contributed by atoms with Crippen molar-refractivity contribution in [3.8, 4) is 0 Å². The molecule has 0 aliphatic carbocycles. The van der Waals surface area contributed by atoms with Crippen LogP contribution in [-0.4, -0.2) is 26.2 Å². The van der Waals surface area contributed by atoms with E-state index in [9.17, 15) is 0 Å². The predicted molar refractivity (Wildman–Crippen MR) is 91.2 cm³/mol. The van der Waals surface area contributed by atoms with Crippen molar-refractivity contribution in [1.82, 2.24) is 0 Å². The molecule has 2 rings (SSSR count). The van der Waals surface area contributed by atoms with Gasteiger partial charge in [-0.3, -0.25) is 0 Å². The Morgan fingerprint density at radius 2 is 0.783 bits per heavy atom. The van der Waals surface area contributed by atoms with Gasteiger partial charge in [-0.2, -0.15) is 24.3 Å². The standard InChI is InChI=1S/2C9H14N.2ClH.Zr/c2*1-3-10(4-2)9-7-5-6-8-9;;;/h2*5-8H,3-4H2,1-2H3;2*1H;/q2*-1;;;+4/p-2. The third kappa shape index (κ3) is 9.60. The molecule has 2 nitrogen and oxygen atoms in total. The third-order valence-corrected chi connectivity index (χ3v) is 3.55. The van der Waals surface area contributed by atoms with Crippen LogP contribution in [0.4, 0.5) is 11.4 Å². The third-order valence-electron chi connectivity index (χ3n) is 3.55. The fourth-order valence-corrected chi connectivity index (χ4v) is 2.33. The van der Waals surface area contributed by atoms with Crippen LogP contribution in [0.25, 0.3) is 0 Å². The fraction of sp³-hybridized carbons (Fsp3) is 0.444. The maximum atomic E-state index is 2.33. The Bertz CT molecular complexity index is 380. The van der Waals surface area contributed by atoms with Gasteiger partial charge in [0.2, 0.25) is 0 Å². The molecule has 0 aliphatic rings. The average molecular weight is 435 g/mol. The first-order valence-electron chi connectivity index (χ1n) is 7.70. The minimum Gasteiger partial charge on any atom is -1.00 e. The van der Waals surface area contributed by atoms with Gasteiger partial charge in [-0.05, 0) is 27.7 Å². The molecule has 0 heterocycles. The van der Waals surface area contributed by atoms with E-state index in [1.807, 2.05) is 0 Å². The number of hydrogen-bond donors (Lipinski definition) is 0. The van der Waals surface area contributed by atoms with E-state index in [1.165, 1.54) is 11.4 Å². The van der Waals surface area contributed by atoms with E-state index in [-0.39, 0.29) is 51.0 Å². The summed E-state index contributed by atoms with van der Waals surface area (Å²) in [5, 5.41) is 0. The van der Waals surface area contributed by atoms with Crippen molar-refractivity contribution in [2.24, 2.45) is 0 Å². The van der Waals surface area contributed by atoms with Gasteiger partial charge in [0.15, 0.2) is 0 Å². The summed E-state index contributed by atoms with van der Waals surface area (Å²) in [6.07, 6.45) is 0. The molecule has 0 fully saturated rings. The Kier molecular flexibility index (Phi) is 19.9. The van der Waals surface area contributed by atoms with Crippen LogP contribution < -0.4 is 34.6 Å². The largest absolute Gasteiger partial charge is 4.00 e. The van der Waals surface area contributed by atoms with Crippen molar-refractivity contribution in [3.05, 3.63) is 48.5 Å². The first kappa shape index (κ1) is 27.6. The minimum absolute atomic E-state index is 0. The van der Waals surface area contributed by atoms with Gasteiger partial charge >= 0.3 is 26.2 Å². The molecule has 0 N–H and O–H groups in total. The molecule has 0 saturated heterocycles. The summed E-state index contributed by atoms with van der Waals surface area (Å²) >= 11 is 0. The molecular weight excluding hydrogens is 406 g/mol. The zero-order valence-electron chi connectivity index (χ0n) is 14.6. The molecule has 2 aromatic carbocycles. The summed E-state index contributed by atoms with van der Waals surface area (Å²) in [7, 11) is 0. The molecule has 0 aromatic heterocycles. The van der Waals surface area contributed by atoms with Crippen molar-refractivity contribution in [1.29, 1.82) is 0 Å². The molecule has 128 valence electrons. The van der Waals surface area contributed by atoms with E-state index in [2.05, 4.69) is 86.0 Å². The zero-order valence-corrected chi connectivity index (χ0v) is 18.6. The summed E-state index contributed by atoms with van der Waals surface area (Å²) in [6, 6.07) is 16.9. The second kappa shape index (κ2) is 16.6. The second-order valence-electron chi connectivity index (χ2n) is 4.63. The number of halogens is 2. The number of hydrogen-bond acceptors (Lipinski definition) is 2. The van der Waals surface area contributed by atoms with Crippen molar-refractivity contribution in [2.75, 3.05) is 36.0 Å². The van der Waals surface area contributed by atoms with E-state index in [0.717, 1.165) is 26.2 Å². The Balaban J connectivity index is -0.000000308. The molecule has 0 unspecified atom stereocenters. The summed E-state index contributed by atoms with van der Waals surface area (Å²) in [5.41, 5.74) is 2.68. The summed E-state index contributed by atoms with van der Waals surface area (Å²) in [5.74, 6) is 0. The van der Waals surface area contributed by atoms with Gasteiger partial charge in [0, 0.05) is 26.2 Å². The fourth-order valence-electron chi connectivity index (χ4n) is 2.33. The molecule has 0 bridgehead atoms. The Morgan fingerprint density at radius 3 is 0.957 bits per heavy atom. The molecule has 5 heteroatoms. The summed E-state index contributed by atoms with van der Waals surface area (Å²) < 4.78 is 0. The van der Waals surface area contributed by atoms with E-state index in [1.54, 1.807) is 0 Å². The van der Waals surface area contributed by atoms with Gasteiger partial charge in [0.1, 0.15) is 0 Å². The molecule has 23 heavy (non-hydrogen) atoms. The van der Waals surface area contributed by atoms with Crippen LogP contribution in [0.15, 0.2) is 48.5 Å². The van der Waals surface area contributed by atoms with Gasteiger partial charge in [-0.25, -0.2) is 24.3 Å². The molecule has 0 radical (unpaired) electrons. The first-order valence-corrected chi connectivity index (χ1v) is 7.70. The number of anilines is 2. The Morgan fingerprint density at radius 1 is 0.565 bits per heavy atom. The van der Waals surface area contributed by atoms with E-state index >= 15 is 0 Å². The van der Waals surface area contributed by atoms with Crippen LogP contribution in [0, 0.1) is 0 Å². The van der Waals surface area contributed by atoms with Gasteiger partial charge < -0.3 is 34.6 Å². The molecule has 0 aliphatic heterocycles. The van der Waals surface area contributed by atoms with Crippen LogP contribution in [0.2, 0.25) is 0 Å². The molecule has 2 aromatic rings. The minimum atomic E-state index is 0. The van der Waals surface area contributed by atoms with Crippen LogP contribution in [0.5, 0.6) is 0 Å². The monoisotopic (exact) mass is 432 g/mol. The SMILES string of the molecule is CCN(CC)[c-]1cccc1.CCN(CC)[c-]1cccc1.[Cl-].[Cl-].[Zr+4]. The van der Waals surface area contributed by atoms with Gasteiger partial charge in [0.05, 0.1) is 0 Å². The topological polar surface area (TPSA) is 6.48 Å². The molecule has 0 saturated carbocycles. The van der Waals surface area contributed by atoms with Crippen molar-refractivity contribution in [2.45, 2.75) is 27.7 Å². The molecule has 0 atom stereocenters. The first-order chi connectivity index (χ1) is 9.76. The van der Waals surface area contributed by atoms with Crippen molar-refractivity contribution >= 4 is 11.4 Å². The van der Waals surface area contributed by atoms with Crippen LogP contribution in [0.1, 0.15) is 27.7 Å². The molecule has 0 spiro atoms. The van der Waals surface area contributed by atoms with Crippen molar-refractivity contribution in [3.63, 3.8) is 0 Å². The van der Waals surface area contributed by atoms with E-state index in [0.29, 0.717) is 0 Å². The van der Waals surface area contributed by atoms with E-state index < -0.39 is 0 Å². The van der Waals surface area contributed by atoms with E-state index in [4.69, 9.17) is 0 Å². The maximum absolute atomic E-state index is 2.33. The van der Waals surface area contributed by atoms with Gasteiger partial charge in [-0.15, -0.1) is 0 Å².